The maximum atomic E-state index is 12.5. The van der Waals surface area contributed by atoms with E-state index in [0.717, 1.165) is 13.1 Å². The molecule has 2 aromatic carbocycles. The van der Waals surface area contributed by atoms with Crippen molar-refractivity contribution in [1.29, 1.82) is 0 Å². The van der Waals surface area contributed by atoms with Gasteiger partial charge in [0.15, 0.2) is 0 Å². The lowest BCUT2D eigenvalue weighted by atomic mass is 10.0. The predicted molar refractivity (Wildman–Crippen MR) is 103 cm³/mol. The van der Waals surface area contributed by atoms with Gasteiger partial charge in [0.1, 0.15) is 0 Å². The van der Waals surface area contributed by atoms with Crippen LogP contribution in [0.2, 0.25) is 5.02 Å². The highest BCUT2D eigenvalue weighted by molar-refractivity contribution is 6.30. The van der Waals surface area contributed by atoms with Gasteiger partial charge in [-0.2, -0.15) is 0 Å². The molecule has 1 aliphatic heterocycles. The highest BCUT2D eigenvalue weighted by Gasteiger charge is 2.23. The first-order valence-corrected chi connectivity index (χ1v) is 9.35. The van der Waals surface area contributed by atoms with Gasteiger partial charge in [-0.3, -0.25) is 9.69 Å². The molecule has 4 heteroatoms. The Kier molecular flexibility index (Phi) is 6.11. The summed E-state index contributed by atoms with van der Waals surface area (Å²) in [5.74, 6) is -0.0726. The number of carbonyl (C=O) groups is 1. The van der Waals surface area contributed by atoms with Gasteiger partial charge >= 0.3 is 0 Å². The number of likely N-dealkylation sites (tertiary alicyclic amines) is 1. The van der Waals surface area contributed by atoms with E-state index in [-0.39, 0.29) is 11.9 Å². The van der Waals surface area contributed by atoms with Crippen LogP contribution in [-0.2, 0) is 0 Å². The maximum absolute atomic E-state index is 12.5. The molecule has 3 nitrogen and oxygen atoms in total. The Morgan fingerprint density at radius 2 is 1.84 bits per heavy atom. The molecule has 1 heterocycles. The van der Waals surface area contributed by atoms with Crippen molar-refractivity contribution in [1.82, 2.24) is 10.2 Å². The van der Waals surface area contributed by atoms with Gasteiger partial charge in [0.2, 0.25) is 0 Å². The Balaban J connectivity index is 1.73. The molecule has 1 fully saturated rings. The van der Waals surface area contributed by atoms with Crippen LogP contribution in [0.4, 0.5) is 0 Å². The fraction of sp³-hybridized carbons (Fsp3) is 0.381. The fourth-order valence-corrected chi connectivity index (χ4v) is 3.59. The average molecular weight is 357 g/mol. The molecule has 0 spiro atoms. The molecule has 0 bridgehead atoms. The van der Waals surface area contributed by atoms with E-state index in [4.69, 9.17) is 11.6 Å². The van der Waals surface area contributed by atoms with Crippen LogP contribution in [0.5, 0.6) is 0 Å². The van der Waals surface area contributed by atoms with Crippen LogP contribution in [0.1, 0.15) is 46.8 Å². The SMILES string of the molecule is Cc1ccc([C@H](CNC(=O)c2cccc(Cl)c2)N2CCCCC2)cc1. The van der Waals surface area contributed by atoms with E-state index in [1.807, 2.05) is 0 Å². The number of benzene rings is 2. The molecule has 25 heavy (non-hydrogen) atoms. The first-order valence-electron chi connectivity index (χ1n) is 8.98. The standard InChI is InChI=1S/C21H25ClN2O/c1-16-8-10-17(11-9-16)20(24-12-3-2-4-13-24)15-23-21(25)18-6-5-7-19(22)14-18/h5-11,14,20H,2-4,12-13,15H2,1H3,(H,23,25)/t20-/m0/s1. The van der Waals surface area contributed by atoms with Crippen molar-refractivity contribution >= 4 is 17.5 Å². The molecule has 0 aromatic heterocycles. The molecule has 3 rings (SSSR count). The van der Waals surface area contributed by atoms with Crippen LogP contribution in [0.15, 0.2) is 48.5 Å². The highest BCUT2D eigenvalue weighted by Crippen LogP contribution is 2.24. The van der Waals surface area contributed by atoms with Gasteiger partial charge in [-0.15, -0.1) is 0 Å². The summed E-state index contributed by atoms with van der Waals surface area (Å²) in [7, 11) is 0. The molecule has 132 valence electrons. The van der Waals surface area contributed by atoms with E-state index in [0.29, 0.717) is 17.1 Å². The number of rotatable bonds is 5. The number of carbonyl (C=O) groups excluding carboxylic acids is 1. The van der Waals surface area contributed by atoms with Gasteiger partial charge in [-0.05, 0) is 56.6 Å². The zero-order chi connectivity index (χ0) is 17.6. The molecule has 0 unspecified atom stereocenters. The van der Waals surface area contributed by atoms with E-state index < -0.39 is 0 Å². The Hall–Kier alpha value is -1.84. The number of hydrogen-bond donors (Lipinski definition) is 1. The molecule has 1 atom stereocenters. The fourth-order valence-electron chi connectivity index (χ4n) is 3.40. The van der Waals surface area contributed by atoms with Crippen LogP contribution < -0.4 is 5.32 Å². The molecular weight excluding hydrogens is 332 g/mol. The third-order valence-corrected chi connectivity index (χ3v) is 5.07. The van der Waals surface area contributed by atoms with Gasteiger partial charge < -0.3 is 5.32 Å². The minimum atomic E-state index is -0.0726. The van der Waals surface area contributed by atoms with Crippen LogP contribution in [0, 0.1) is 6.92 Å². The van der Waals surface area contributed by atoms with E-state index in [2.05, 4.69) is 41.4 Å². The van der Waals surface area contributed by atoms with Crippen molar-refractivity contribution in [3.05, 3.63) is 70.2 Å². The van der Waals surface area contributed by atoms with Crippen LogP contribution in [0.25, 0.3) is 0 Å². The third-order valence-electron chi connectivity index (χ3n) is 4.84. The number of amides is 1. The lowest BCUT2D eigenvalue weighted by molar-refractivity contribution is 0.0924. The quantitative estimate of drug-likeness (QED) is 0.848. The normalized spacial score (nSPS) is 16.4. The van der Waals surface area contributed by atoms with E-state index in [1.54, 1.807) is 24.3 Å². The third kappa shape index (κ3) is 4.83. The number of piperidine rings is 1. The predicted octanol–water partition coefficient (Wildman–Crippen LogP) is 4.61. The van der Waals surface area contributed by atoms with Crippen molar-refractivity contribution in [3.63, 3.8) is 0 Å². The lowest BCUT2D eigenvalue weighted by Gasteiger charge is -2.35. The highest BCUT2D eigenvalue weighted by atomic mass is 35.5. The van der Waals surface area contributed by atoms with Crippen LogP contribution in [0.3, 0.4) is 0 Å². The second-order valence-electron chi connectivity index (χ2n) is 6.74. The Labute approximate surface area is 155 Å². The maximum Gasteiger partial charge on any atom is 0.251 e. The number of nitrogens with zero attached hydrogens (tertiary/aromatic N) is 1. The second-order valence-corrected chi connectivity index (χ2v) is 7.18. The van der Waals surface area contributed by atoms with E-state index in [1.165, 1.54) is 30.4 Å². The smallest absolute Gasteiger partial charge is 0.251 e. The first-order chi connectivity index (χ1) is 12.1. The molecule has 0 saturated carbocycles. The lowest BCUT2D eigenvalue weighted by Crippen LogP contribution is -2.40. The molecular formula is C21H25ClN2O. The zero-order valence-electron chi connectivity index (χ0n) is 14.7. The van der Waals surface area contributed by atoms with Gasteiger partial charge in [0.05, 0.1) is 6.04 Å². The summed E-state index contributed by atoms with van der Waals surface area (Å²) in [6.45, 7) is 4.88. The minimum Gasteiger partial charge on any atom is -0.350 e. The largest absolute Gasteiger partial charge is 0.350 e. The van der Waals surface area contributed by atoms with Gasteiger partial charge in [0, 0.05) is 17.1 Å². The van der Waals surface area contributed by atoms with Crippen LogP contribution >= 0.6 is 11.6 Å². The molecule has 1 amide bonds. The average Bonchev–Trinajstić information content (AvgIpc) is 2.64. The van der Waals surface area contributed by atoms with Gasteiger partial charge in [0.25, 0.3) is 5.91 Å². The molecule has 2 aromatic rings. The zero-order valence-corrected chi connectivity index (χ0v) is 15.4. The summed E-state index contributed by atoms with van der Waals surface area (Å²) in [6, 6.07) is 15.9. The summed E-state index contributed by atoms with van der Waals surface area (Å²) in [6.07, 6.45) is 3.75. The van der Waals surface area contributed by atoms with E-state index >= 15 is 0 Å². The summed E-state index contributed by atoms with van der Waals surface area (Å²) in [5, 5.41) is 3.68. The van der Waals surface area contributed by atoms with E-state index in [9.17, 15) is 4.79 Å². The summed E-state index contributed by atoms with van der Waals surface area (Å²) in [5.41, 5.74) is 3.12. The second kappa shape index (κ2) is 8.50. The van der Waals surface area contributed by atoms with Crippen molar-refractivity contribution in [2.45, 2.75) is 32.2 Å². The first kappa shape index (κ1) is 18.0. The molecule has 0 radical (unpaired) electrons. The summed E-state index contributed by atoms with van der Waals surface area (Å²) < 4.78 is 0. The Morgan fingerprint density at radius 3 is 2.52 bits per heavy atom. The number of halogens is 1. The molecule has 1 saturated heterocycles. The summed E-state index contributed by atoms with van der Waals surface area (Å²) >= 11 is 6.00. The topological polar surface area (TPSA) is 32.3 Å². The Morgan fingerprint density at radius 1 is 1.12 bits per heavy atom. The summed E-state index contributed by atoms with van der Waals surface area (Å²) in [4.78, 5) is 15.0. The number of hydrogen-bond acceptors (Lipinski definition) is 2. The van der Waals surface area contributed by atoms with Crippen molar-refractivity contribution in [3.8, 4) is 0 Å². The van der Waals surface area contributed by atoms with Crippen molar-refractivity contribution in [2.24, 2.45) is 0 Å². The monoisotopic (exact) mass is 356 g/mol. The molecule has 0 aliphatic carbocycles. The van der Waals surface area contributed by atoms with Crippen LogP contribution in [-0.4, -0.2) is 30.4 Å². The number of aryl methyl sites for hydroxylation is 1. The van der Waals surface area contributed by atoms with Crippen molar-refractivity contribution in [2.75, 3.05) is 19.6 Å². The Bertz CT molecular complexity index is 708. The molecule has 1 aliphatic rings. The van der Waals surface area contributed by atoms with Gasteiger partial charge in [-0.1, -0.05) is 53.9 Å². The minimum absolute atomic E-state index is 0.0726. The van der Waals surface area contributed by atoms with Gasteiger partial charge in [-0.25, -0.2) is 0 Å². The number of nitrogens with one attached hydrogen (secondary N) is 1. The van der Waals surface area contributed by atoms with Crippen molar-refractivity contribution < 1.29 is 4.79 Å². The molecule has 1 N–H and O–H groups in total.